The van der Waals surface area contributed by atoms with Gasteiger partial charge in [-0.25, -0.2) is 0 Å². The quantitative estimate of drug-likeness (QED) is 0.648. The molecule has 0 bridgehead atoms. The van der Waals surface area contributed by atoms with Crippen molar-refractivity contribution in [1.29, 1.82) is 0 Å². The van der Waals surface area contributed by atoms with Crippen LogP contribution in [0.4, 0.5) is 0 Å². The molecule has 72 valence electrons. The zero-order valence-electron chi connectivity index (χ0n) is 7.40. The van der Waals surface area contributed by atoms with E-state index in [1.807, 2.05) is 0 Å². The van der Waals surface area contributed by atoms with E-state index in [0.29, 0.717) is 19.5 Å². The molecule has 0 spiro atoms. The minimum Gasteiger partial charge on any atom is -0.481 e. The van der Waals surface area contributed by atoms with Crippen molar-refractivity contribution in [2.75, 3.05) is 13.1 Å². The Bertz CT molecular complexity index is 237. The van der Waals surface area contributed by atoms with Gasteiger partial charge in [0.15, 0.2) is 0 Å². The van der Waals surface area contributed by atoms with Crippen LogP contribution < -0.4 is 0 Å². The zero-order chi connectivity index (χ0) is 9.84. The molecule has 4 nitrogen and oxygen atoms in total. The number of carboxylic acid groups (broad SMARTS) is 1. The van der Waals surface area contributed by atoms with Crippen molar-refractivity contribution >= 4 is 11.9 Å². The highest BCUT2D eigenvalue weighted by Gasteiger charge is 2.29. The molecule has 1 rings (SSSR count). The number of rotatable bonds is 3. The van der Waals surface area contributed by atoms with Gasteiger partial charge >= 0.3 is 5.97 Å². The highest BCUT2D eigenvalue weighted by molar-refractivity contribution is 5.83. The molecule has 0 saturated carbocycles. The largest absolute Gasteiger partial charge is 0.481 e. The van der Waals surface area contributed by atoms with Crippen molar-refractivity contribution in [1.82, 2.24) is 4.90 Å². The number of hydrogen-bond donors (Lipinski definition) is 1. The average molecular weight is 183 g/mol. The van der Waals surface area contributed by atoms with Crippen LogP contribution in [0.5, 0.6) is 0 Å². The Kier molecular flexibility index (Phi) is 3.06. The van der Waals surface area contributed by atoms with Crippen LogP contribution in [0.3, 0.4) is 0 Å². The van der Waals surface area contributed by atoms with Gasteiger partial charge in [0.25, 0.3) is 0 Å². The Balaban J connectivity index is 2.51. The van der Waals surface area contributed by atoms with Crippen LogP contribution in [0, 0.1) is 5.92 Å². The molecule has 4 heteroatoms. The summed E-state index contributed by atoms with van der Waals surface area (Å²) < 4.78 is 0. The smallest absolute Gasteiger partial charge is 0.307 e. The van der Waals surface area contributed by atoms with E-state index in [0.717, 1.165) is 0 Å². The molecule has 1 unspecified atom stereocenters. The van der Waals surface area contributed by atoms with E-state index < -0.39 is 11.9 Å². The van der Waals surface area contributed by atoms with Gasteiger partial charge in [0.2, 0.25) is 5.91 Å². The summed E-state index contributed by atoms with van der Waals surface area (Å²) in [7, 11) is 0. The Hall–Kier alpha value is -1.32. The molecule has 1 fully saturated rings. The molecule has 13 heavy (non-hydrogen) atoms. The molecule has 1 N–H and O–H groups in total. The van der Waals surface area contributed by atoms with E-state index in [1.165, 1.54) is 0 Å². The molecule has 1 atom stereocenters. The van der Waals surface area contributed by atoms with E-state index in [1.54, 1.807) is 11.0 Å². The Morgan fingerprint density at radius 2 is 2.46 bits per heavy atom. The van der Waals surface area contributed by atoms with Crippen molar-refractivity contribution in [3.63, 3.8) is 0 Å². The zero-order valence-corrected chi connectivity index (χ0v) is 7.40. The second-order valence-electron chi connectivity index (χ2n) is 3.16. The first-order valence-corrected chi connectivity index (χ1v) is 4.26. The first-order valence-electron chi connectivity index (χ1n) is 4.26. The first-order chi connectivity index (χ1) is 6.15. The lowest BCUT2D eigenvalue weighted by Crippen LogP contribution is -2.40. The third-order valence-electron chi connectivity index (χ3n) is 2.22. The van der Waals surface area contributed by atoms with Crippen LogP contribution >= 0.6 is 0 Å². The van der Waals surface area contributed by atoms with E-state index in [2.05, 4.69) is 6.58 Å². The van der Waals surface area contributed by atoms with Gasteiger partial charge in [0.05, 0.1) is 5.92 Å². The second kappa shape index (κ2) is 4.07. The number of hydrogen-bond acceptors (Lipinski definition) is 2. The molecular formula is C9H13NO3. The van der Waals surface area contributed by atoms with Crippen molar-refractivity contribution in [2.24, 2.45) is 5.92 Å². The van der Waals surface area contributed by atoms with Crippen LogP contribution in [0.2, 0.25) is 0 Å². The maximum Gasteiger partial charge on any atom is 0.307 e. The third-order valence-corrected chi connectivity index (χ3v) is 2.22. The molecule has 0 aromatic heterocycles. The fraction of sp³-hybridized carbons (Fsp3) is 0.556. The number of carboxylic acids is 1. The van der Waals surface area contributed by atoms with Crippen molar-refractivity contribution < 1.29 is 14.7 Å². The van der Waals surface area contributed by atoms with Crippen LogP contribution in [0.15, 0.2) is 12.7 Å². The maximum absolute atomic E-state index is 11.3. The molecule has 0 aromatic rings. The minimum absolute atomic E-state index is 0.0847. The normalized spacial score (nSPS) is 22.9. The number of nitrogens with zero attached hydrogens (tertiary/aromatic N) is 1. The number of aliphatic carboxylic acids is 1. The molecule has 0 aliphatic carbocycles. The second-order valence-corrected chi connectivity index (χ2v) is 3.16. The van der Waals surface area contributed by atoms with Gasteiger partial charge < -0.3 is 10.0 Å². The molecule has 1 aliphatic heterocycles. The van der Waals surface area contributed by atoms with Crippen molar-refractivity contribution in [3.05, 3.63) is 12.7 Å². The SMILES string of the molecule is C=CCN1CCC(C(=O)O)CC1=O. The lowest BCUT2D eigenvalue weighted by molar-refractivity contribution is -0.149. The van der Waals surface area contributed by atoms with Gasteiger partial charge in [-0.15, -0.1) is 6.58 Å². The molecule has 0 radical (unpaired) electrons. The van der Waals surface area contributed by atoms with Crippen molar-refractivity contribution in [2.45, 2.75) is 12.8 Å². The Morgan fingerprint density at radius 3 is 2.92 bits per heavy atom. The van der Waals surface area contributed by atoms with Gasteiger partial charge in [0.1, 0.15) is 0 Å². The Labute approximate surface area is 76.8 Å². The van der Waals surface area contributed by atoms with Gasteiger partial charge in [0, 0.05) is 19.5 Å². The lowest BCUT2D eigenvalue weighted by atomic mass is 9.96. The van der Waals surface area contributed by atoms with Gasteiger partial charge in [-0.05, 0) is 6.42 Å². The number of piperidine rings is 1. The lowest BCUT2D eigenvalue weighted by Gasteiger charge is -2.28. The summed E-state index contributed by atoms with van der Waals surface area (Å²) in [5.41, 5.74) is 0. The standard InChI is InChI=1S/C9H13NO3/c1-2-4-10-5-3-7(9(12)13)6-8(10)11/h2,7H,1,3-6H2,(H,12,13). The molecule has 1 heterocycles. The summed E-state index contributed by atoms with van der Waals surface area (Å²) in [6.07, 6.45) is 2.33. The van der Waals surface area contributed by atoms with Gasteiger partial charge in [-0.3, -0.25) is 9.59 Å². The number of carbonyl (C=O) groups excluding carboxylic acids is 1. The molecule has 1 amide bonds. The maximum atomic E-state index is 11.3. The summed E-state index contributed by atoms with van der Waals surface area (Å²) in [5.74, 6) is -1.45. The highest BCUT2D eigenvalue weighted by atomic mass is 16.4. The van der Waals surface area contributed by atoms with Gasteiger partial charge in [-0.1, -0.05) is 6.08 Å². The van der Waals surface area contributed by atoms with Crippen LogP contribution in [0.1, 0.15) is 12.8 Å². The number of amides is 1. The number of likely N-dealkylation sites (tertiary alicyclic amines) is 1. The summed E-state index contributed by atoms with van der Waals surface area (Å²) in [5, 5.41) is 8.68. The number of carbonyl (C=O) groups is 2. The Morgan fingerprint density at radius 1 is 1.77 bits per heavy atom. The van der Waals surface area contributed by atoms with Crippen LogP contribution in [0.25, 0.3) is 0 Å². The molecule has 1 saturated heterocycles. The van der Waals surface area contributed by atoms with E-state index in [-0.39, 0.29) is 12.3 Å². The third kappa shape index (κ3) is 2.31. The monoisotopic (exact) mass is 183 g/mol. The fourth-order valence-corrected chi connectivity index (χ4v) is 1.44. The summed E-state index contributed by atoms with van der Waals surface area (Å²) in [6.45, 7) is 4.58. The predicted molar refractivity (Wildman–Crippen MR) is 47.1 cm³/mol. The van der Waals surface area contributed by atoms with Crippen molar-refractivity contribution in [3.8, 4) is 0 Å². The highest BCUT2D eigenvalue weighted by Crippen LogP contribution is 2.18. The van der Waals surface area contributed by atoms with E-state index in [9.17, 15) is 9.59 Å². The predicted octanol–water partition coefficient (Wildman–Crippen LogP) is 0.496. The molecular weight excluding hydrogens is 170 g/mol. The average Bonchev–Trinajstić information content (AvgIpc) is 2.08. The minimum atomic E-state index is -0.869. The summed E-state index contributed by atoms with van der Waals surface area (Å²) >= 11 is 0. The van der Waals surface area contributed by atoms with Crippen LogP contribution in [-0.2, 0) is 9.59 Å². The van der Waals surface area contributed by atoms with Crippen LogP contribution in [-0.4, -0.2) is 35.0 Å². The van der Waals surface area contributed by atoms with Gasteiger partial charge in [-0.2, -0.15) is 0 Å². The first kappa shape index (κ1) is 9.77. The summed E-state index contributed by atoms with van der Waals surface area (Å²) in [6, 6.07) is 0. The molecule has 1 aliphatic rings. The fourth-order valence-electron chi connectivity index (χ4n) is 1.44. The van der Waals surface area contributed by atoms with E-state index >= 15 is 0 Å². The van der Waals surface area contributed by atoms with E-state index in [4.69, 9.17) is 5.11 Å². The topological polar surface area (TPSA) is 57.6 Å². The summed E-state index contributed by atoms with van der Waals surface area (Å²) in [4.78, 5) is 23.5. The molecule has 0 aromatic carbocycles.